The van der Waals surface area contributed by atoms with Crippen LogP contribution in [0.25, 0.3) is 0 Å². The minimum atomic E-state index is -4.26. The van der Waals surface area contributed by atoms with Crippen LogP contribution in [0, 0.1) is 18.7 Å². The van der Waals surface area contributed by atoms with E-state index in [1.54, 1.807) is 19.1 Å². The van der Waals surface area contributed by atoms with Gasteiger partial charge in [0.1, 0.15) is 5.82 Å². The molecule has 106 valence electrons. The number of rotatable bonds is 1. The van der Waals surface area contributed by atoms with Gasteiger partial charge in [-0.3, -0.25) is 0 Å². The molecule has 1 aliphatic carbocycles. The lowest BCUT2D eigenvalue weighted by molar-refractivity contribution is -0.187. The first-order valence-electron chi connectivity index (χ1n) is 6.34. The van der Waals surface area contributed by atoms with Gasteiger partial charge in [-0.05, 0) is 32.3 Å². The number of hydrogen-bond acceptors (Lipinski definition) is 1. The summed E-state index contributed by atoms with van der Waals surface area (Å²) in [6, 6.07) is 4.43. The van der Waals surface area contributed by atoms with Crippen molar-refractivity contribution >= 4 is 0 Å². The predicted molar refractivity (Wildman–Crippen MR) is 65.0 cm³/mol. The minimum absolute atomic E-state index is 0.0793. The van der Waals surface area contributed by atoms with E-state index < -0.39 is 23.5 Å². The third-order valence-electron chi connectivity index (χ3n) is 3.91. The fourth-order valence-corrected chi connectivity index (χ4v) is 2.85. The fourth-order valence-electron chi connectivity index (χ4n) is 2.85. The van der Waals surface area contributed by atoms with Gasteiger partial charge in [0, 0.05) is 11.1 Å². The Morgan fingerprint density at radius 2 is 2.00 bits per heavy atom. The number of benzene rings is 1. The first-order valence-corrected chi connectivity index (χ1v) is 6.34. The molecule has 2 unspecified atom stereocenters. The average Bonchev–Trinajstić information content (AvgIpc) is 2.31. The van der Waals surface area contributed by atoms with Gasteiger partial charge in [-0.2, -0.15) is 13.2 Å². The van der Waals surface area contributed by atoms with E-state index in [9.17, 15) is 17.6 Å². The number of nitrogens with two attached hydrogens (primary N) is 1. The van der Waals surface area contributed by atoms with Crippen LogP contribution < -0.4 is 5.73 Å². The van der Waals surface area contributed by atoms with Gasteiger partial charge < -0.3 is 5.73 Å². The molecule has 19 heavy (non-hydrogen) atoms. The van der Waals surface area contributed by atoms with Crippen molar-refractivity contribution in [2.45, 2.75) is 44.3 Å². The van der Waals surface area contributed by atoms with Crippen molar-refractivity contribution in [3.8, 4) is 0 Å². The highest BCUT2D eigenvalue weighted by Gasteiger charge is 2.47. The van der Waals surface area contributed by atoms with E-state index in [0.29, 0.717) is 12.8 Å². The molecule has 0 aromatic heterocycles. The molecular weight excluding hydrogens is 258 g/mol. The summed E-state index contributed by atoms with van der Waals surface area (Å²) < 4.78 is 52.4. The Hall–Kier alpha value is -1.10. The molecule has 1 aromatic rings. The zero-order valence-corrected chi connectivity index (χ0v) is 10.7. The topological polar surface area (TPSA) is 26.0 Å². The van der Waals surface area contributed by atoms with Gasteiger partial charge in [-0.15, -0.1) is 0 Å². The molecule has 2 atom stereocenters. The zero-order chi connectivity index (χ0) is 14.3. The van der Waals surface area contributed by atoms with Gasteiger partial charge in [0.05, 0.1) is 5.92 Å². The SMILES string of the molecule is Cc1ccc(F)c(C2(N)CCCC(C(F)(F)F)C2)c1. The van der Waals surface area contributed by atoms with Crippen molar-refractivity contribution in [3.05, 3.63) is 35.1 Å². The Balaban J connectivity index is 2.34. The van der Waals surface area contributed by atoms with Gasteiger partial charge in [0.25, 0.3) is 0 Å². The summed E-state index contributed by atoms with van der Waals surface area (Å²) in [7, 11) is 0. The summed E-state index contributed by atoms with van der Waals surface area (Å²) in [4.78, 5) is 0. The summed E-state index contributed by atoms with van der Waals surface area (Å²) in [5, 5.41) is 0. The Morgan fingerprint density at radius 3 is 2.63 bits per heavy atom. The summed E-state index contributed by atoms with van der Waals surface area (Å²) >= 11 is 0. The maximum atomic E-state index is 13.9. The summed E-state index contributed by atoms with van der Waals surface area (Å²) in [6.45, 7) is 1.77. The van der Waals surface area contributed by atoms with Gasteiger partial charge >= 0.3 is 6.18 Å². The molecule has 1 fully saturated rings. The number of hydrogen-bond donors (Lipinski definition) is 1. The summed E-state index contributed by atoms with van der Waals surface area (Å²) in [5.74, 6) is -1.96. The van der Waals surface area contributed by atoms with E-state index in [4.69, 9.17) is 5.73 Å². The van der Waals surface area contributed by atoms with Crippen LogP contribution in [0.3, 0.4) is 0 Å². The monoisotopic (exact) mass is 275 g/mol. The maximum absolute atomic E-state index is 13.9. The molecule has 5 heteroatoms. The Bertz CT molecular complexity index is 469. The number of aryl methyl sites for hydroxylation is 1. The lowest BCUT2D eigenvalue weighted by Gasteiger charge is -2.39. The second-order valence-electron chi connectivity index (χ2n) is 5.47. The van der Waals surface area contributed by atoms with Crippen LogP contribution in [0.4, 0.5) is 17.6 Å². The molecule has 2 N–H and O–H groups in total. The number of halogens is 4. The zero-order valence-electron chi connectivity index (χ0n) is 10.7. The number of alkyl halides is 3. The third kappa shape index (κ3) is 2.91. The second-order valence-corrected chi connectivity index (χ2v) is 5.47. The molecule has 0 radical (unpaired) electrons. The van der Waals surface area contributed by atoms with Crippen molar-refractivity contribution < 1.29 is 17.6 Å². The molecule has 0 heterocycles. The highest BCUT2D eigenvalue weighted by Crippen LogP contribution is 2.45. The van der Waals surface area contributed by atoms with Crippen LogP contribution >= 0.6 is 0 Å². The lowest BCUT2D eigenvalue weighted by Crippen LogP contribution is -2.45. The molecule has 0 saturated heterocycles. The highest BCUT2D eigenvalue weighted by atomic mass is 19.4. The lowest BCUT2D eigenvalue weighted by atomic mass is 9.72. The highest BCUT2D eigenvalue weighted by molar-refractivity contribution is 5.31. The van der Waals surface area contributed by atoms with E-state index in [0.717, 1.165) is 5.56 Å². The van der Waals surface area contributed by atoms with Gasteiger partial charge in [-0.1, -0.05) is 24.1 Å². The third-order valence-corrected chi connectivity index (χ3v) is 3.91. The average molecular weight is 275 g/mol. The molecule has 1 aliphatic rings. The van der Waals surface area contributed by atoms with Crippen LogP contribution in [0.15, 0.2) is 18.2 Å². The molecule has 0 bridgehead atoms. The Kier molecular flexibility index (Phi) is 3.60. The first-order chi connectivity index (χ1) is 8.72. The van der Waals surface area contributed by atoms with Crippen molar-refractivity contribution in [2.24, 2.45) is 11.7 Å². The Labute approximate surface area is 109 Å². The normalized spacial score (nSPS) is 28.4. The first kappa shape index (κ1) is 14.3. The standard InChI is InChI=1S/C14H17F4N/c1-9-4-5-12(15)11(7-9)13(19)6-2-3-10(8-13)14(16,17)18/h4-5,7,10H,2-3,6,8,19H2,1H3. The molecule has 2 rings (SSSR count). The summed E-state index contributed by atoms with van der Waals surface area (Å²) in [5.41, 5.74) is 5.89. The molecule has 1 nitrogen and oxygen atoms in total. The van der Waals surface area contributed by atoms with Crippen LogP contribution in [0.1, 0.15) is 36.8 Å². The maximum Gasteiger partial charge on any atom is 0.391 e. The van der Waals surface area contributed by atoms with E-state index in [1.807, 2.05) is 0 Å². The van der Waals surface area contributed by atoms with Crippen LogP contribution in [-0.4, -0.2) is 6.18 Å². The fraction of sp³-hybridized carbons (Fsp3) is 0.571. The Morgan fingerprint density at radius 1 is 1.32 bits per heavy atom. The van der Waals surface area contributed by atoms with E-state index in [-0.39, 0.29) is 18.4 Å². The smallest absolute Gasteiger partial charge is 0.321 e. The van der Waals surface area contributed by atoms with Crippen molar-refractivity contribution in [2.75, 3.05) is 0 Å². The predicted octanol–water partition coefficient (Wildman–Crippen LogP) is 4.04. The molecule has 1 aromatic carbocycles. The molecular formula is C14H17F4N. The minimum Gasteiger partial charge on any atom is -0.321 e. The molecule has 0 aliphatic heterocycles. The molecule has 1 saturated carbocycles. The van der Waals surface area contributed by atoms with Gasteiger partial charge in [-0.25, -0.2) is 4.39 Å². The van der Waals surface area contributed by atoms with E-state index in [2.05, 4.69) is 0 Å². The summed E-state index contributed by atoms with van der Waals surface area (Å²) in [6.07, 6.45) is -3.66. The van der Waals surface area contributed by atoms with Gasteiger partial charge in [0.2, 0.25) is 0 Å². The van der Waals surface area contributed by atoms with Crippen LogP contribution in [0.5, 0.6) is 0 Å². The second kappa shape index (κ2) is 4.78. The quantitative estimate of drug-likeness (QED) is 0.769. The van der Waals surface area contributed by atoms with Crippen molar-refractivity contribution in [1.29, 1.82) is 0 Å². The van der Waals surface area contributed by atoms with E-state index >= 15 is 0 Å². The van der Waals surface area contributed by atoms with Crippen molar-refractivity contribution in [3.63, 3.8) is 0 Å². The largest absolute Gasteiger partial charge is 0.391 e. The van der Waals surface area contributed by atoms with Crippen LogP contribution in [0.2, 0.25) is 0 Å². The van der Waals surface area contributed by atoms with Gasteiger partial charge in [0.15, 0.2) is 0 Å². The van der Waals surface area contributed by atoms with Crippen molar-refractivity contribution in [1.82, 2.24) is 0 Å². The van der Waals surface area contributed by atoms with Crippen LogP contribution in [-0.2, 0) is 5.54 Å². The molecule has 0 spiro atoms. The molecule has 0 amide bonds. The van der Waals surface area contributed by atoms with E-state index in [1.165, 1.54) is 6.07 Å².